The van der Waals surface area contributed by atoms with Gasteiger partial charge in [-0.1, -0.05) is 12.8 Å². The Morgan fingerprint density at radius 1 is 1.31 bits per heavy atom. The molecule has 1 aliphatic carbocycles. The van der Waals surface area contributed by atoms with E-state index >= 15 is 0 Å². The average Bonchev–Trinajstić information content (AvgIpc) is 3.25. The van der Waals surface area contributed by atoms with Crippen LogP contribution in [0.15, 0.2) is 12.3 Å². The summed E-state index contributed by atoms with van der Waals surface area (Å²) in [7, 11) is 0. The maximum Gasteiger partial charge on any atom is 0.407 e. The number of hydrogen-bond acceptors (Lipinski definition) is 5. The molecule has 0 spiro atoms. The first kappa shape index (κ1) is 17.0. The first-order chi connectivity index (χ1) is 12.5. The smallest absolute Gasteiger partial charge is 0.407 e. The first-order valence-electron chi connectivity index (χ1n) is 8.99. The van der Waals surface area contributed by atoms with E-state index in [4.69, 9.17) is 5.11 Å². The summed E-state index contributed by atoms with van der Waals surface area (Å²) in [5.74, 6) is 0.285. The van der Waals surface area contributed by atoms with Crippen molar-refractivity contribution in [1.29, 1.82) is 0 Å². The zero-order valence-corrected chi connectivity index (χ0v) is 14.3. The number of fused-ring (bicyclic) bond motifs is 1. The first-order valence-corrected chi connectivity index (χ1v) is 8.99. The number of carboxylic acid groups (broad SMARTS) is 1. The quantitative estimate of drug-likeness (QED) is 0.771. The van der Waals surface area contributed by atoms with Crippen LogP contribution in [0.25, 0.3) is 5.52 Å². The van der Waals surface area contributed by atoms with E-state index < -0.39 is 12.2 Å². The Morgan fingerprint density at radius 3 is 2.77 bits per heavy atom. The predicted octanol–water partition coefficient (Wildman–Crippen LogP) is 2.05. The van der Waals surface area contributed by atoms with Gasteiger partial charge in [-0.05, 0) is 25.3 Å². The normalized spacial score (nSPS) is 24.3. The molecular weight excluding hydrogens is 341 g/mol. The lowest BCUT2D eigenvalue weighted by atomic mass is 10.0. The van der Waals surface area contributed by atoms with E-state index in [0.717, 1.165) is 31.4 Å². The molecule has 0 aromatic carbocycles. The van der Waals surface area contributed by atoms with Crippen molar-refractivity contribution in [2.75, 3.05) is 18.4 Å². The number of carbonyl (C=O) groups is 1. The van der Waals surface area contributed by atoms with Crippen LogP contribution in [0.4, 0.5) is 15.1 Å². The monoisotopic (exact) mass is 363 g/mol. The average molecular weight is 363 g/mol. The summed E-state index contributed by atoms with van der Waals surface area (Å²) in [6, 6.07) is 1.20. The molecule has 0 unspecified atom stereocenters. The second-order valence-electron chi connectivity index (χ2n) is 7.11. The second kappa shape index (κ2) is 6.71. The van der Waals surface area contributed by atoms with Gasteiger partial charge in [0, 0.05) is 18.2 Å². The van der Waals surface area contributed by atoms with Crippen molar-refractivity contribution in [3.05, 3.63) is 23.8 Å². The Labute approximate surface area is 149 Å². The molecule has 2 fully saturated rings. The fourth-order valence-corrected chi connectivity index (χ4v) is 3.99. The molecule has 2 aromatic heterocycles. The third-order valence-electron chi connectivity index (χ3n) is 5.44. The lowest BCUT2D eigenvalue weighted by Gasteiger charge is -2.34. The molecule has 8 nitrogen and oxygen atoms in total. The molecule has 2 aromatic rings. The number of piperidine rings is 1. The number of aromatic nitrogens is 3. The van der Waals surface area contributed by atoms with Gasteiger partial charge < -0.3 is 20.4 Å². The Kier molecular flexibility index (Phi) is 4.39. The van der Waals surface area contributed by atoms with Crippen molar-refractivity contribution in [1.82, 2.24) is 19.5 Å². The Hall–Kier alpha value is -2.42. The third kappa shape index (κ3) is 3.07. The second-order valence-corrected chi connectivity index (χ2v) is 7.11. The number of amides is 1. The van der Waals surface area contributed by atoms with Crippen molar-refractivity contribution in [2.45, 2.75) is 50.2 Å². The van der Waals surface area contributed by atoms with Crippen LogP contribution in [0.5, 0.6) is 0 Å². The number of halogens is 1. The Bertz CT molecular complexity index is 820. The van der Waals surface area contributed by atoms with Crippen LogP contribution in [-0.4, -0.2) is 61.0 Å². The van der Waals surface area contributed by atoms with Crippen LogP contribution < -0.4 is 5.32 Å². The van der Waals surface area contributed by atoms with Gasteiger partial charge in [-0.15, -0.1) is 5.10 Å². The molecule has 4 rings (SSSR count). The minimum Gasteiger partial charge on any atom is -0.465 e. The number of aliphatic hydroxyl groups excluding tert-OH is 1. The van der Waals surface area contributed by atoms with E-state index in [1.165, 1.54) is 11.1 Å². The summed E-state index contributed by atoms with van der Waals surface area (Å²) < 4.78 is 15.8. The van der Waals surface area contributed by atoms with Crippen molar-refractivity contribution < 1.29 is 19.4 Å². The Balaban J connectivity index is 1.56. The summed E-state index contributed by atoms with van der Waals surface area (Å²) in [6.07, 6.45) is 4.36. The van der Waals surface area contributed by atoms with Gasteiger partial charge in [0.2, 0.25) is 5.95 Å². The number of rotatable bonds is 3. The molecule has 2 aliphatic rings. The number of nitrogens with one attached hydrogen (secondary N) is 1. The maximum atomic E-state index is 14.2. The van der Waals surface area contributed by atoms with E-state index in [-0.39, 0.29) is 18.4 Å². The van der Waals surface area contributed by atoms with Gasteiger partial charge in [-0.2, -0.15) is 0 Å². The lowest BCUT2D eigenvalue weighted by molar-refractivity contribution is 0.0573. The highest BCUT2D eigenvalue weighted by molar-refractivity contribution is 5.65. The van der Waals surface area contributed by atoms with Crippen molar-refractivity contribution >= 4 is 17.6 Å². The van der Waals surface area contributed by atoms with Crippen LogP contribution in [0.1, 0.15) is 43.7 Å². The van der Waals surface area contributed by atoms with Crippen LogP contribution >= 0.6 is 0 Å². The minimum atomic E-state index is -1.04. The lowest BCUT2D eigenvalue weighted by Crippen LogP contribution is -2.51. The van der Waals surface area contributed by atoms with Gasteiger partial charge >= 0.3 is 6.09 Å². The van der Waals surface area contributed by atoms with Crippen molar-refractivity contribution in [3.63, 3.8) is 0 Å². The van der Waals surface area contributed by atoms with E-state index in [1.807, 2.05) is 0 Å². The molecule has 1 saturated heterocycles. The van der Waals surface area contributed by atoms with Crippen molar-refractivity contribution in [3.8, 4) is 0 Å². The number of β-amino-alcohol motifs (C(OH)–C–C–N with tert-alkyl or cyclic N) is 1. The molecule has 140 valence electrons. The van der Waals surface area contributed by atoms with Crippen LogP contribution in [-0.2, 0) is 0 Å². The summed E-state index contributed by atoms with van der Waals surface area (Å²) >= 11 is 0. The highest BCUT2D eigenvalue weighted by Crippen LogP contribution is 2.35. The van der Waals surface area contributed by atoms with Gasteiger partial charge in [-0.3, -0.25) is 0 Å². The van der Waals surface area contributed by atoms with Gasteiger partial charge in [0.05, 0.1) is 24.9 Å². The molecule has 9 heteroatoms. The van der Waals surface area contributed by atoms with Crippen LogP contribution in [0.3, 0.4) is 0 Å². The Morgan fingerprint density at radius 2 is 2.08 bits per heavy atom. The molecule has 1 amide bonds. The largest absolute Gasteiger partial charge is 0.465 e. The predicted molar refractivity (Wildman–Crippen MR) is 91.8 cm³/mol. The molecule has 1 aliphatic heterocycles. The minimum absolute atomic E-state index is 0.0424. The standard InChI is InChI=1S/C17H22FN5O3/c18-11-7-13(10-3-1-2-4-10)23-14(11)8-19-16(21-23)20-12-5-6-22(17(25)26)9-15(12)24/h7-8,10,12,15,24H,1-6,9H2,(H,20,21)(H,25,26)/t12-,15-/m1/s1. The van der Waals surface area contributed by atoms with Crippen LogP contribution in [0.2, 0.25) is 0 Å². The molecular formula is C17H22FN5O3. The molecule has 0 bridgehead atoms. The van der Waals surface area contributed by atoms with E-state index in [0.29, 0.717) is 30.3 Å². The van der Waals surface area contributed by atoms with Gasteiger partial charge in [0.15, 0.2) is 5.82 Å². The zero-order chi connectivity index (χ0) is 18.3. The highest BCUT2D eigenvalue weighted by atomic mass is 19.1. The SMILES string of the molecule is O=C(O)N1CC[C@@H](Nc2ncc3c(F)cc(C4CCCC4)n3n2)[C@H](O)C1. The molecule has 2 atom stereocenters. The molecule has 3 N–H and O–H groups in total. The van der Waals surface area contributed by atoms with Crippen molar-refractivity contribution in [2.24, 2.45) is 0 Å². The summed E-state index contributed by atoms with van der Waals surface area (Å²) in [4.78, 5) is 16.4. The number of aliphatic hydroxyl groups is 1. The number of anilines is 1. The number of nitrogens with zero attached hydrogens (tertiary/aromatic N) is 4. The van der Waals surface area contributed by atoms with Gasteiger partial charge in [0.25, 0.3) is 0 Å². The van der Waals surface area contributed by atoms with E-state index in [9.17, 15) is 14.3 Å². The molecule has 26 heavy (non-hydrogen) atoms. The fraction of sp³-hybridized carbons (Fsp3) is 0.588. The van der Waals surface area contributed by atoms with Gasteiger partial charge in [-0.25, -0.2) is 18.7 Å². The molecule has 3 heterocycles. The fourth-order valence-electron chi connectivity index (χ4n) is 3.99. The van der Waals surface area contributed by atoms with Crippen LogP contribution in [0, 0.1) is 5.82 Å². The summed E-state index contributed by atoms with van der Waals surface area (Å²) in [5, 5.41) is 26.7. The zero-order valence-electron chi connectivity index (χ0n) is 14.3. The topological polar surface area (TPSA) is 103 Å². The summed E-state index contributed by atoms with van der Waals surface area (Å²) in [6.45, 7) is 0.374. The maximum absolute atomic E-state index is 14.2. The molecule has 0 radical (unpaired) electrons. The van der Waals surface area contributed by atoms with Gasteiger partial charge in [0.1, 0.15) is 5.52 Å². The van der Waals surface area contributed by atoms with E-state index in [1.54, 1.807) is 10.6 Å². The summed E-state index contributed by atoms with van der Waals surface area (Å²) in [5.41, 5.74) is 1.21. The van der Waals surface area contributed by atoms with E-state index in [2.05, 4.69) is 15.4 Å². The third-order valence-corrected chi connectivity index (χ3v) is 5.44. The highest BCUT2D eigenvalue weighted by Gasteiger charge is 2.31. The number of hydrogen-bond donors (Lipinski definition) is 3. The molecule has 1 saturated carbocycles. The number of likely N-dealkylation sites (tertiary alicyclic amines) is 1.